The normalized spacial score (nSPS) is 14.8. The number of nitrogens with zero attached hydrogens (tertiary/aromatic N) is 2. The Morgan fingerprint density at radius 3 is 1.42 bits per heavy atom. The van der Waals surface area contributed by atoms with Gasteiger partial charge in [0.15, 0.2) is 0 Å². The van der Waals surface area contributed by atoms with Crippen LogP contribution in [-0.4, -0.2) is 35.6 Å². The maximum atomic E-state index is 5.30. The van der Waals surface area contributed by atoms with Gasteiger partial charge in [-0.05, 0) is 61.1 Å². The molecule has 0 atom stereocenters. The first kappa shape index (κ1) is 17.9. The first-order valence-corrected chi connectivity index (χ1v) is 6.67. The minimum absolute atomic E-state index is 0.168. The topological polar surface area (TPSA) is 101 Å². The minimum atomic E-state index is -0.168. The van der Waals surface area contributed by atoms with Gasteiger partial charge in [-0.2, -0.15) is 10.2 Å². The fourth-order valence-electron chi connectivity index (χ4n) is 1.47. The molecule has 6 N–H and O–H groups in total. The van der Waals surface area contributed by atoms with E-state index in [4.69, 9.17) is 11.7 Å². The second-order valence-corrected chi connectivity index (χ2v) is 5.89. The molecule has 0 saturated carbocycles. The van der Waals surface area contributed by atoms with Gasteiger partial charge in [-0.1, -0.05) is 0 Å². The average molecular weight is 270 g/mol. The number of hydrogen-bond acceptors (Lipinski definition) is 6. The highest BCUT2D eigenvalue weighted by atomic mass is 15.2. The standard InChI is InChI=1S/C13H30N6/c1-10(18-14)12(3,4)16-8-7-9-17-13(5,6)11(2)19-15/h16-17H,7-9,14-15H2,1-6H3. The largest absolute Gasteiger partial charge is 0.323 e. The van der Waals surface area contributed by atoms with Crippen molar-refractivity contribution in [3.8, 4) is 0 Å². The third-order valence-electron chi connectivity index (χ3n) is 3.68. The molecular formula is C13H30N6. The fraction of sp³-hybridized carbons (Fsp3) is 0.846. The molecule has 112 valence electrons. The summed E-state index contributed by atoms with van der Waals surface area (Å²) in [6.07, 6.45) is 1.00. The Morgan fingerprint density at radius 2 is 1.16 bits per heavy atom. The molecule has 0 bridgehead atoms. The van der Waals surface area contributed by atoms with Crippen LogP contribution in [0.4, 0.5) is 0 Å². The Bertz CT molecular complexity index is 298. The minimum Gasteiger partial charge on any atom is -0.323 e. The Kier molecular flexibility index (Phi) is 7.00. The predicted molar refractivity (Wildman–Crippen MR) is 83.4 cm³/mol. The third kappa shape index (κ3) is 6.02. The van der Waals surface area contributed by atoms with Crippen molar-refractivity contribution in [1.82, 2.24) is 10.6 Å². The van der Waals surface area contributed by atoms with E-state index in [0.29, 0.717) is 0 Å². The summed E-state index contributed by atoms with van der Waals surface area (Å²) in [5, 5.41) is 14.3. The van der Waals surface area contributed by atoms with E-state index in [1.165, 1.54) is 0 Å². The van der Waals surface area contributed by atoms with Crippen LogP contribution in [0.5, 0.6) is 0 Å². The van der Waals surface area contributed by atoms with Gasteiger partial charge in [0.1, 0.15) is 0 Å². The summed E-state index contributed by atoms with van der Waals surface area (Å²) in [6, 6.07) is 0. The molecule has 6 heteroatoms. The van der Waals surface area contributed by atoms with Crippen LogP contribution in [0.2, 0.25) is 0 Å². The summed E-state index contributed by atoms with van der Waals surface area (Å²) < 4.78 is 0. The number of nitrogens with one attached hydrogen (secondary N) is 2. The third-order valence-corrected chi connectivity index (χ3v) is 3.68. The van der Waals surface area contributed by atoms with Crippen LogP contribution >= 0.6 is 0 Å². The van der Waals surface area contributed by atoms with Gasteiger partial charge in [0.05, 0.1) is 22.5 Å². The van der Waals surface area contributed by atoms with E-state index in [-0.39, 0.29) is 11.1 Å². The molecule has 0 aliphatic rings. The van der Waals surface area contributed by atoms with Crippen molar-refractivity contribution in [2.75, 3.05) is 13.1 Å². The number of hydrogen-bond donors (Lipinski definition) is 4. The van der Waals surface area contributed by atoms with Crippen molar-refractivity contribution in [3.05, 3.63) is 0 Å². The van der Waals surface area contributed by atoms with E-state index in [0.717, 1.165) is 30.9 Å². The monoisotopic (exact) mass is 270 g/mol. The molecule has 0 unspecified atom stereocenters. The first-order valence-electron chi connectivity index (χ1n) is 6.67. The van der Waals surface area contributed by atoms with Gasteiger partial charge in [0.2, 0.25) is 0 Å². The zero-order valence-corrected chi connectivity index (χ0v) is 13.2. The van der Waals surface area contributed by atoms with Crippen LogP contribution in [0.1, 0.15) is 48.0 Å². The highest BCUT2D eigenvalue weighted by Gasteiger charge is 2.22. The Labute approximate surface area is 117 Å². The molecule has 19 heavy (non-hydrogen) atoms. The quantitative estimate of drug-likeness (QED) is 0.227. The Morgan fingerprint density at radius 1 is 0.842 bits per heavy atom. The molecule has 0 aliphatic carbocycles. The Hall–Kier alpha value is -1.14. The molecule has 0 rings (SSSR count). The first-order chi connectivity index (χ1) is 8.67. The zero-order chi connectivity index (χ0) is 15.1. The maximum Gasteiger partial charge on any atom is 0.0539 e. The van der Waals surface area contributed by atoms with Crippen LogP contribution in [0.25, 0.3) is 0 Å². The van der Waals surface area contributed by atoms with Crippen LogP contribution in [0.3, 0.4) is 0 Å². The molecule has 6 nitrogen and oxygen atoms in total. The highest BCUT2D eigenvalue weighted by molar-refractivity contribution is 5.90. The maximum absolute atomic E-state index is 5.30. The van der Waals surface area contributed by atoms with Crippen molar-refractivity contribution in [1.29, 1.82) is 0 Å². The fourth-order valence-corrected chi connectivity index (χ4v) is 1.47. The second-order valence-electron chi connectivity index (χ2n) is 5.89. The van der Waals surface area contributed by atoms with E-state index >= 15 is 0 Å². The van der Waals surface area contributed by atoms with Crippen LogP contribution in [0.15, 0.2) is 10.2 Å². The summed E-state index contributed by atoms with van der Waals surface area (Å²) >= 11 is 0. The lowest BCUT2D eigenvalue weighted by Crippen LogP contribution is -2.49. The molecule has 0 aromatic heterocycles. The number of rotatable bonds is 8. The molecule has 0 aromatic carbocycles. The highest BCUT2D eigenvalue weighted by Crippen LogP contribution is 2.06. The van der Waals surface area contributed by atoms with E-state index in [1.807, 2.05) is 13.8 Å². The molecule has 0 heterocycles. The second kappa shape index (κ2) is 7.45. The molecule has 0 saturated heterocycles. The van der Waals surface area contributed by atoms with E-state index in [2.05, 4.69) is 48.5 Å². The van der Waals surface area contributed by atoms with Crippen LogP contribution < -0.4 is 22.3 Å². The lowest BCUT2D eigenvalue weighted by Gasteiger charge is -2.28. The molecule has 0 fully saturated rings. The molecule has 0 amide bonds. The Balaban J connectivity index is 4.02. The van der Waals surface area contributed by atoms with Crippen molar-refractivity contribution in [3.63, 3.8) is 0 Å². The van der Waals surface area contributed by atoms with E-state index in [1.54, 1.807) is 0 Å². The average Bonchev–Trinajstić information content (AvgIpc) is 2.35. The molecule has 0 aliphatic heterocycles. The van der Waals surface area contributed by atoms with Gasteiger partial charge in [0, 0.05) is 0 Å². The van der Waals surface area contributed by atoms with E-state index < -0.39 is 0 Å². The lowest BCUT2D eigenvalue weighted by atomic mass is 9.99. The summed E-state index contributed by atoms with van der Waals surface area (Å²) in [6.45, 7) is 13.9. The molecular weight excluding hydrogens is 240 g/mol. The number of hydrazone groups is 2. The SMILES string of the molecule is CC(=NN)C(C)(C)NCCCNC(C)(C)C(C)=NN. The molecule has 0 spiro atoms. The van der Waals surface area contributed by atoms with Crippen LogP contribution in [-0.2, 0) is 0 Å². The molecule has 0 aromatic rings. The van der Waals surface area contributed by atoms with Gasteiger partial charge >= 0.3 is 0 Å². The van der Waals surface area contributed by atoms with Crippen molar-refractivity contribution in [2.24, 2.45) is 21.9 Å². The summed E-state index contributed by atoms with van der Waals surface area (Å²) in [5.41, 5.74) is 1.46. The van der Waals surface area contributed by atoms with Gasteiger partial charge in [0.25, 0.3) is 0 Å². The van der Waals surface area contributed by atoms with Crippen molar-refractivity contribution >= 4 is 11.4 Å². The predicted octanol–water partition coefficient (Wildman–Crippen LogP) is 0.782. The van der Waals surface area contributed by atoms with Crippen molar-refractivity contribution in [2.45, 2.75) is 59.0 Å². The summed E-state index contributed by atoms with van der Waals surface area (Å²) in [4.78, 5) is 0. The van der Waals surface area contributed by atoms with Crippen molar-refractivity contribution < 1.29 is 0 Å². The smallest absolute Gasteiger partial charge is 0.0539 e. The van der Waals surface area contributed by atoms with Crippen LogP contribution in [0, 0.1) is 0 Å². The lowest BCUT2D eigenvalue weighted by molar-refractivity contribution is 0.453. The zero-order valence-electron chi connectivity index (χ0n) is 13.2. The van der Waals surface area contributed by atoms with Gasteiger partial charge in [-0.3, -0.25) is 0 Å². The van der Waals surface area contributed by atoms with Gasteiger partial charge in [-0.15, -0.1) is 0 Å². The van der Waals surface area contributed by atoms with Gasteiger partial charge in [-0.25, -0.2) is 0 Å². The van der Waals surface area contributed by atoms with Gasteiger partial charge < -0.3 is 22.3 Å². The number of nitrogens with two attached hydrogens (primary N) is 2. The molecule has 0 radical (unpaired) electrons. The summed E-state index contributed by atoms with van der Waals surface area (Å²) in [5.74, 6) is 10.6. The summed E-state index contributed by atoms with van der Waals surface area (Å²) in [7, 11) is 0. The van der Waals surface area contributed by atoms with E-state index in [9.17, 15) is 0 Å².